The molecule has 1 unspecified atom stereocenters. The Morgan fingerprint density at radius 1 is 1.21 bits per heavy atom. The van der Waals surface area contributed by atoms with Gasteiger partial charge in [0, 0.05) is 19.6 Å². The average molecular weight is 514 g/mol. The Balaban J connectivity index is 0.00000392. The second-order valence-electron chi connectivity index (χ2n) is 7.12. The number of nitrogens with zero attached hydrogens (tertiary/aromatic N) is 2. The van der Waals surface area contributed by atoms with Crippen molar-refractivity contribution >= 4 is 29.9 Å². The molecule has 160 valence electrons. The zero-order chi connectivity index (χ0) is 19.9. The second-order valence-corrected chi connectivity index (χ2v) is 7.12. The summed E-state index contributed by atoms with van der Waals surface area (Å²) in [5.41, 5.74) is 6.09. The van der Waals surface area contributed by atoms with Crippen LogP contribution in [-0.2, 0) is 10.9 Å². The topological polar surface area (TPSA) is 62.9 Å². The van der Waals surface area contributed by atoms with Gasteiger partial charge in [-0.2, -0.15) is 13.2 Å². The molecule has 1 saturated heterocycles. The van der Waals surface area contributed by atoms with Crippen molar-refractivity contribution in [3.63, 3.8) is 0 Å². The summed E-state index contributed by atoms with van der Waals surface area (Å²) in [6, 6.07) is 5.16. The van der Waals surface area contributed by atoms with Gasteiger partial charge < -0.3 is 15.8 Å². The predicted octanol–water partition coefficient (Wildman–Crippen LogP) is 3.65. The number of ether oxygens (including phenoxy) is 1. The predicted molar refractivity (Wildman–Crippen MR) is 116 cm³/mol. The number of alkyl halides is 3. The molecule has 1 heterocycles. The summed E-state index contributed by atoms with van der Waals surface area (Å²) in [5.74, 6) is 0.930. The van der Waals surface area contributed by atoms with E-state index in [1.54, 1.807) is 0 Å². The number of halogens is 4. The Labute approximate surface area is 181 Å². The molecule has 1 aliphatic heterocycles. The van der Waals surface area contributed by atoms with Gasteiger partial charge in [-0.15, -0.1) is 24.0 Å². The van der Waals surface area contributed by atoms with E-state index in [4.69, 9.17) is 10.5 Å². The molecule has 28 heavy (non-hydrogen) atoms. The zero-order valence-corrected chi connectivity index (χ0v) is 18.7. The molecule has 0 saturated carbocycles. The average Bonchev–Trinajstić information content (AvgIpc) is 2.62. The third-order valence-electron chi connectivity index (χ3n) is 4.57. The van der Waals surface area contributed by atoms with Gasteiger partial charge >= 0.3 is 6.18 Å². The molecule has 9 heteroatoms. The van der Waals surface area contributed by atoms with Crippen molar-refractivity contribution in [2.75, 3.05) is 39.4 Å². The van der Waals surface area contributed by atoms with Gasteiger partial charge in [-0.1, -0.05) is 26.0 Å². The van der Waals surface area contributed by atoms with Crippen molar-refractivity contribution in [3.8, 4) is 0 Å². The normalized spacial score (nSPS) is 17.3. The van der Waals surface area contributed by atoms with Crippen LogP contribution in [0, 0.1) is 5.92 Å². The lowest BCUT2D eigenvalue weighted by molar-refractivity contribution is -0.137. The van der Waals surface area contributed by atoms with E-state index in [0.29, 0.717) is 44.7 Å². The Hall–Kier alpha value is -1.07. The van der Waals surface area contributed by atoms with Crippen molar-refractivity contribution in [2.24, 2.45) is 16.6 Å². The summed E-state index contributed by atoms with van der Waals surface area (Å²) < 4.78 is 43.9. The number of hydrogen-bond donors (Lipinski definition) is 2. The molecule has 0 spiro atoms. The highest BCUT2D eigenvalue weighted by Crippen LogP contribution is 2.31. The van der Waals surface area contributed by atoms with E-state index in [1.165, 1.54) is 12.1 Å². The van der Waals surface area contributed by atoms with Crippen LogP contribution < -0.4 is 11.1 Å². The maximum absolute atomic E-state index is 12.8. The van der Waals surface area contributed by atoms with E-state index in [-0.39, 0.29) is 30.0 Å². The molecule has 0 bridgehead atoms. The lowest BCUT2D eigenvalue weighted by Crippen LogP contribution is -2.41. The number of aliphatic imine (C=N–C) groups is 1. The van der Waals surface area contributed by atoms with Gasteiger partial charge in [0.05, 0.1) is 31.4 Å². The minimum atomic E-state index is -4.34. The van der Waals surface area contributed by atoms with Crippen LogP contribution in [0.1, 0.15) is 37.4 Å². The van der Waals surface area contributed by atoms with Crippen molar-refractivity contribution in [1.29, 1.82) is 0 Å². The fourth-order valence-electron chi connectivity index (χ4n) is 2.94. The molecule has 1 aromatic carbocycles. The van der Waals surface area contributed by atoms with Gasteiger partial charge in [-0.3, -0.25) is 9.89 Å². The molecule has 1 atom stereocenters. The lowest BCUT2D eigenvalue weighted by atomic mass is 10.0. The molecule has 1 aromatic rings. The van der Waals surface area contributed by atoms with Crippen LogP contribution >= 0.6 is 24.0 Å². The van der Waals surface area contributed by atoms with Crippen LogP contribution in [0.2, 0.25) is 0 Å². The third-order valence-corrected chi connectivity index (χ3v) is 4.57. The highest BCUT2D eigenvalue weighted by Gasteiger charge is 2.31. The molecule has 2 rings (SSSR count). The van der Waals surface area contributed by atoms with Crippen LogP contribution in [0.4, 0.5) is 13.2 Å². The van der Waals surface area contributed by atoms with Crippen LogP contribution in [0.3, 0.4) is 0 Å². The molecule has 0 aromatic heterocycles. The Kier molecular flexibility index (Phi) is 10.5. The smallest absolute Gasteiger partial charge is 0.379 e. The molecule has 1 fully saturated rings. The van der Waals surface area contributed by atoms with Crippen molar-refractivity contribution in [3.05, 3.63) is 35.4 Å². The van der Waals surface area contributed by atoms with Crippen LogP contribution in [0.25, 0.3) is 0 Å². The number of rotatable bonds is 7. The highest BCUT2D eigenvalue weighted by atomic mass is 127. The number of morpholine rings is 1. The maximum atomic E-state index is 12.8. The van der Waals surface area contributed by atoms with Gasteiger partial charge in [-0.05, 0) is 30.0 Å². The summed E-state index contributed by atoms with van der Waals surface area (Å²) in [5, 5.41) is 3.09. The Morgan fingerprint density at radius 2 is 1.82 bits per heavy atom. The van der Waals surface area contributed by atoms with E-state index in [2.05, 4.69) is 29.1 Å². The van der Waals surface area contributed by atoms with E-state index in [0.717, 1.165) is 30.7 Å². The maximum Gasteiger partial charge on any atom is 0.416 e. The van der Waals surface area contributed by atoms with Crippen LogP contribution in [-0.4, -0.2) is 50.3 Å². The molecule has 1 aliphatic rings. The van der Waals surface area contributed by atoms with Gasteiger partial charge in [-0.25, -0.2) is 0 Å². The summed E-state index contributed by atoms with van der Waals surface area (Å²) >= 11 is 0. The van der Waals surface area contributed by atoms with Crippen molar-refractivity contribution in [2.45, 2.75) is 32.5 Å². The monoisotopic (exact) mass is 514 g/mol. The minimum Gasteiger partial charge on any atom is -0.379 e. The zero-order valence-electron chi connectivity index (χ0n) is 16.3. The van der Waals surface area contributed by atoms with Crippen LogP contribution in [0.5, 0.6) is 0 Å². The van der Waals surface area contributed by atoms with Crippen molar-refractivity contribution in [1.82, 2.24) is 10.2 Å². The fraction of sp³-hybridized carbons (Fsp3) is 0.632. The SMILES string of the molecule is CC(C)CCNC(N)=NCC(c1ccc(C(F)(F)F)cc1)N1CCOCC1.I. The molecular formula is C19H30F3IN4O. The van der Waals surface area contributed by atoms with Gasteiger partial charge in [0.25, 0.3) is 0 Å². The van der Waals surface area contributed by atoms with Gasteiger partial charge in [0.2, 0.25) is 0 Å². The molecule has 0 amide bonds. The largest absolute Gasteiger partial charge is 0.416 e. The molecule has 5 nitrogen and oxygen atoms in total. The number of hydrogen-bond acceptors (Lipinski definition) is 3. The summed E-state index contributed by atoms with van der Waals surface area (Å²) in [7, 11) is 0. The van der Waals surface area contributed by atoms with E-state index in [1.807, 2.05) is 0 Å². The Morgan fingerprint density at radius 3 is 2.36 bits per heavy atom. The number of nitrogens with two attached hydrogens (primary N) is 1. The summed E-state index contributed by atoms with van der Waals surface area (Å²) in [6.07, 6.45) is -3.35. The second kappa shape index (κ2) is 11.8. The first-order chi connectivity index (χ1) is 12.8. The summed E-state index contributed by atoms with van der Waals surface area (Å²) in [6.45, 7) is 8.01. The first-order valence-corrected chi connectivity index (χ1v) is 9.30. The first-order valence-electron chi connectivity index (χ1n) is 9.30. The molecule has 0 radical (unpaired) electrons. The highest BCUT2D eigenvalue weighted by molar-refractivity contribution is 14.0. The number of benzene rings is 1. The fourth-order valence-corrected chi connectivity index (χ4v) is 2.94. The van der Waals surface area contributed by atoms with E-state index >= 15 is 0 Å². The van der Waals surface area contributed by atoms with Crippen molar-refractivity contribution < 1.29 is 17.9 Å². The molecular weight excluding hydrogens is 484 g/mol. The van der Waals surface area contributed by atoms with Crippen LogP contribution in [0.15, 0.2) is 29.3 Å². The van der Waals surface area contributed by atoms with E-state index < -0.39 is 11.7 Å². The third kappa shape index (κ3) is 8.12. The number of guanidine groups is 1. The van der Waals surface area contributed by atoms with E-state index in [9.17, 15) is 13.2 Å². The van der Waals surface area contributed by atoms with Gasteiger partial charge in [0.15, 0.2) is 5.96 Å². The lowest BCUT2D eigenvalue weighted by Gasteiger charge is -2.34. The first kappa shape index (κ1) is 25.0. The molecule has 3 N–H and O–H groups in total. The standard InChI is InChI=1S/C19H29F3N4O.HI/c1-14(2)7-8-24-18(23)25-13-17(26-9-11-27-12-10-26)15-3-5-16(6-4-15)19(20,21)22;/h3-6,14,17H,7-13H2,1-2H3,(H3,23,24,25);1H. The minimum absolute atomic E-state index is 0. The molecule has 0 aliphatic carbocycles. The Bertz CT molecular complexity index is 602. The number of nitrogens with one attached hydrogen (secondary N) is 1. The summed E-state index contributed by atoms with van der Waals surface area (Å²) in [4.78, 5) is 6.60. The quantitative estimate of drug-likeness (QED) is 0.332. The van der Waals surface area contributed by atoms with Gasteiger partial charge in [0.1, 0.15) is 0 Å².